The molecule has 5 nitrogen and oxygen atoms in total. The van der Waals surface area contributed by atoms with Crippen LogP contribution in [0.3, 0.4) is 0 Å². The van der Waals surface area contributed by atoms with Crippen LogP contribution in [0.5, 0.6) is 0 Å². The summed E-state index contributed by atoms with van der Waals surface area (Å²) in [5.41, 5.74) is 0.175. The summed E-state index contributed by atoms with van der Waals surface area (Å²) in [6.45, 7) is 4.63. The van der Waals surface area contributed by atoms with Gasteiger partial charge in [-0.05, 0) is 32.5 Å². The molecule has 5 heteroatoms. The monoisotopic (exact) mass is 251 g/mol. The molecule has 0 aliphatic heterocycles. The van der Waals surface area contributed by atoms with Gasteiger partial charge in [-0.2, -0.15) is 0 Å². The van der Waals surface area contributed by atoms with E-state index in [-0.39, 0.29) is 12.5 Å². The third-order valence-electron chi connectivity index (χ3n) is 2.28. The standard InChI is InChI=1S/C13H21N3O2/c1-13(2,18)10-16(3)9-12(17)15-8-11-5-4-6-14-7-11/h4-7,18H,8-10H2,1-3H3,(H,15,17). The van der Waals surface area contributed by atoms with Crippen molar-refractivity contribution in [3.05, 3.63) is 30.1 Å². The second-order valence-corrected chi connectivity index (χ2v) is 5.12. The van der Waals surface area contributed by atoms with Crippen molar-refractivity contribution in [1.82, 2.24) is 15.2 Å². The topological polar surface area (TPSA) is 65.5 Å². The van der Waals surface area contributed by atoms with Crippen molar-refractivity contribution in [2.75, 3.05) is 20.1 Å². The Morgan fingerprint density at radius 1 is 1.56 bits per heavy atom. The van der Waals surface area contributed by atoms with Crippen molar-refractivity contribution < 1.29 is 9.90 Å². The molecule has 0 aliphatic rings. The van der Waals surface area contributed by atoms with Gasteiger partial charge in [0.2, 0.25) is 5.91 Å². The van der Waals surface area contributed by atoms with Gasteiger partial charge in [0.25, 0.3) is 0 Å². The first-order valence-electron chi connectivity index (χ1n) is 5.93. The fourth-order valence-electron chi connectivity index (χ4n) is 1.72. The lowest BCUT2D eigenvalue weighted by Gasteiger charge is -2.24. The SMILES string of the molecule is CN(CC(=O)NCc1cccnc1)CC(C)(C)O. The van der Waals surface area contributed by atoms with Crippen molar-refractivity contribution in [2.45, 2.75) is 26.0 Å². The van der Waals surface area contributed by atoms with E-state index in [0.29, 0.717) is 13.1 Å². The first-order chi connectivity index (χ1) is 8.37. The number of likely N-dealkylation sites (N-methyl/N-ethyl adjacent to an activating group) is 1. The van der Waals surface area contributed by atoms with Crippen LogP contribution in [0.15, 0.2) is 24.5 Å². The number of carbonyl (C=O) groups is 1. The Kier molecular flexibility index (Phi) is 5.25. The zero-order valence-corrected chi connectivity index (χ0v) is 11.2. The number of carbonyl (C=O) groups excluding carboxylic acids is 1. The van der Waals surface area contributed by atoms with Crippen LogP contribution in [0.1, 0.15) is 19.4 Å². The molecule has 0 spiro atoms. The predicted octanol–water partition coefficient (Wildman–Crippen LogP) is 0.400. The second kappa shape index (κ2) is 6.47. The van der Waals surface area contributed by atoms with Crippen LogP contribution in [0.25, 0.3) is 0 Å². The fraction of sp³-hybridized carbons (Fsp3) is 0.538. The first-order valence-corrected chi connectivity index (χ1v) is 5.93. The van der Waals surface area contributed by atoms with E-state index in [1.807, 2.05) is 19.2 Å². The minimum Gasteiger partial charge on any atom is -0.389 e. The molecule has 0 atom stereocenters. The summed E-state index contributed by atoms with van der Waals surface area (Å²) in [6.07, 6.45) is 3.42. The fourth-order valence-corrected chi connectivity index (χ4v) is 1.72. The smallest absolute Gasteiger partial charge is 0.234 e. The molecule has 0 saturated carbocycles. The van der Waals surface area contributed by atoms with Gasteiger partial charge in [0.15, 0.2) is 0 Å². The lowest BCUT2D eigenvalue weighted by atomic mass is 10.1. The normalized spacial score (nSPS) is 11.6. The average molecular weight is 251 g/mol. The van der Waals surface area contributed by atoms with Crippen molar-refractivity contribution in [2.24, 2.45) is 0 Å². The molecular formula is C13H21N3O2. The maximum atomic E-state index is 11.7. The molecule has 1 rings (SSSR count). The number of nitrogens with one attached hydrogen (secondary N) is 1. The highest BCUT2D eigenvalue weighted by Gasteiger charge is 2.17. The average Bonchev–Trinajstić information content (AvgIpc) is 2.25. The third-order valence-corrected chi connectivity index (χ3v) is 2.28. The molecule has 1 aromatic rings. The maximum absolute atomic E-state index is 11.7. The lowest BCUT2D eigenvalue weighted by molar-refractivity contribution is -0.122. The van der Waals surface area contributed by atoms with E-state index in [1.165, 1.54) is 0 Å². The largest absolute Gasteiger partial charge is 0.389 e. The molecule has 0 fully saturated rings. The Morgan fingerprint density at radius 2 is 2.28 bits per heavy atom. The Morgan fingerprint density at radius 3 is 2.83 bits per heavy atom. The van der Waals surface area contributed by atoms with Gasteiger partial charge in [0.1, 0.15) is 0 Å². The van der Waals surface area contributed by atoms with Crippen molar-refractivity contribution in [3.63, 3.8) is 0 Å². The maximum Gasteiger partial charge on any atom is 0.234 e. The van der Waals surface area contributed by atoms with E-state index in [0.717, 1.165) is 5.56 Å². The molecule has 0 aromatic carbocycles. The van der Waals surface area contributed by atoms with Crippen LogP contribution < -0.4 is 5.32 Å². The summed E-state index contributed by atoms with van der Waals surface area (Å²) in [6, 6.07) is 3.75. The Bertz CT molecular complexity index is 374. The van der Waals surface area contributed by atoms with Crippen molar-refractivity contribution in [3.8, 4) is 0 Å². The van der Waals surface area contributed by atoms with Gasteiger partial charge in [0, 0.05) is 25.5 Å². The van der Waals surface area contributed by atoms with Crippen molar-refractivity contribution in [1.29, 1.82) is 0 Å². The molecule has 18 heavy (non-hydrogen) atoms. The number of rotatable bonds is 6. The highest BCUT2D eigenvalue weighted by atomic mass is 16.3. The number of aromatic nitrogens is 1. The van der Waals surface area contributed by atoms with Crippen LogP contribution >= 0.6 is 0 Å². The minimum absolute atomic E-state index is 0.0643. The van der Waals surface area contributed by atoms with Gasteiger partial charge < -0.3 is 10.4 Å². The predicted molar refractivity (Wildman–Crippen MR) is 69.9 cm³/mol. The summed E-state index contributed by atoms with van der Waals surface area (Å²) in [4.78, 5) is 17.4. The number of hydrogen-bond acceptors (Lipinski definition) is 4. The highest BCUT2D eigenvalue weighted by Crippen LogP contribution is 2.02. The molecular weight excluding hydrogens is 230 g/mol. The lowest BCUT2D eigenvalue weighted by Crippen LogP contribution is -2.41. The third kappa shape index (κ3) is 6.32. The van der Waals surface area contributed by atoms with Crippen molar-refractivity contribution >= 4 is 5.91 Å². The van der Waals surface area contributed by atoms with Gasteiger partial charge in [0.05, 0.1) is 12.1 Å². The zero-order chi connectivity index (χ0) is 13.6. The molecule has 2 N–H and O–H groups in total. The van der Waals surface area contributed by atoms with E-state index in [9.17, 15) is 9.90 Å². The quantitative estimate of drug-likeness (QED) is 0.768. The van der Waals surface area contributed by atoms with Crippen LogP contribution in [0, 0.1) is 0 Å². The molecule has 0 aliphatic carbocycles. The van der Waals surface area contributed by atoms with E-state index >= 15 is 0 Å². The molecule has 1 aromatic heterocycles. The van der Waals surface area contributed by atoms with E-state index in [2.05, 4.69) is 10.3 Å². The van der Waals surface area contributed by atoms with E-state index in [4.69, 9.17) is 0 Å². The van der Waals surface area contributed by atoms with Gasteiger partial charge >= 0.3 is 0 Å². The summed E-state index contributed by atoms with van der Waals surface area (Å²) in [7, 11) is 1.81. The van der Waals surface area contributed by atoms with E-state index in [1.54, 1.807) is 31.1 Å². The summed E-state index contributed by atoms with van der Waals surface area (Å²) >= 11 is 0. The number of hydrogen-bond donors (Lipinski definition) is 2. The summed E-state index contributed by atoms with van der Waals surface area (Å²) in [5.74, 6) is -0.0643. The summed E-state index contributed by atoms with van der Waals surface area (Å²) < 4.78 is 0. The van der Waals surface area contributed by atoms with Crippen LogP contribution in [0.4, 0.5) is 0 Å². The molecule has 0 bridgehead atoms. The van der Waals surface area contributed by atoms with Crippen LogP contribution in [-0.4, -0.2) is 46.6 Å². The number of pyridine rings is 1. The Hall–Kier alpha value is -1.46. The van der Waals surface area contributed by atoms with Crippen LogP contribution in [0.2, 0.25) is 0 Å². The summed E-state index contributed by atoms with van der Waals surface area (Å²) in [5, 5.41) is 12.4. The van der Waals surface area contributed by atoms with Gasteiger partial charge in [-0.3, -0.25) is 14.7 Å². The number of nitrogens with zero attached hydrogens (tertiary/aromatic N) is 2. The van der Waals surface area contributed by atoms with Gasteiger partial charge in [-0.25, -0.2) is 0 Å². The number of amides is 1. The molecule has 0 radical (unpaired) electrons. The van der Waals surface area contributed by atoms with Gasteiger partial charge in [-0.15, -0.1) is 0 Å². The highest BCUT2D eigenvalue weighted by molar-refractivity contribution is 5.77. The van der Waals surface area contributed by atoms with E-state index < -0.39 is 5.60 Å². The molecule has 1 amide bonds. The molecule has 1 heterocycles. The van der Waals surface area contributed by atoms with Crippen LogP contribution in [-0.2, 0) is 11.3 Å². The molecule has 100 valence electrons. The Balaban J connectivity index is 2.30. The number of aliphatic hydroxyl groups is 1. The second-order valence-electron chi connectivity index (χ2n) is 5.12. The zero-order valence-electron chi connectivity index (χ0n) is 11.2. The minimum atomic E-state index is -0.793. The molecule has 0 unspecified atom stereocenters. The first kappa shape index (κ1) is 14.6. The Labute approximate surface area is 108 Å². The van der Waals surface area contributed by atoms with Gasteiger partial charge in [-0.1, -0.05) is 6.07 Å². The molecule has 0 saturated heterocycles.